The molecule has 0 saturated carbocycles. The summed E-state index contributed by atoms with van der Waals surface area (Å²) in [6.07, 6.45) is 10.4. The summed E-state index contributed by atoms with van der Waals surface area (Å²) in [5.41, 5.74) is 2.74. The van der Waals surface area contributed by atoms with Crippen LogP contribution in [0.25, 0.3) is 11.3 Å². The number of carbonyl (C=O) groups is 1. The SMILES string of the molecule is O=C(N[C@H](Cc1cc(Br)c(O)c(Br)c1)CN1CCC(N2CCCCC2)CC1)N1CCC(n2cc(-c3ccccc3)[nH]c2=O)CC1. The highest BCUT2D eigenvalue weighted by molar-refractivity contribution is 9.11. The number of imidazole rings is 1. The van der Waals surface area contributed by atoms with E-state index in [1.807, 2.05) is 53.6 Å². The van der Waals surface area contributed by atoms with Gasteiger partial charge >= 0.3 is 11.7 Å². The fourth-order valence-electron chi connectivity index (χ4n) is 7.30. The highest BCUT2D eigenvalue weighted by Crippen LogP contribution is 2.34. The number of aromatic nitrogens is 2. The molecule has 2 aromatic carbocycles. The third-order valence-electron chi connectivity index (χ3n) is 9.80. The van der Waals surface area contributed by atoms with Crippen molar-refractivity contribution in [2.24, 2.45) is 0 Å². The van der Waals surface area contributed by atoms with Crippen LogP contribution in [0.15, 0.2) is 62.4 Å². The Morgan fingerprint density at radius 3 is 2.22 bits per heavy atom. The molecular weight excluding hydrogens is 700 g/mol. The van der Waals surface area contributed by atoms with Crippen LogP contribution in [0, 0.1) is 0 Å². The van der Waals surface area contributed by atoms with Crippen molar-refractivity contribution in [3.63, 3.8) is 0 Å². The van der Waals surface area contributed by atoms with Gasteiger partial charge in [-0.3, -0.25) is 4.57 Å². The van der Waals surface area contributed by atoms with E-state index in [0.29, 0.717) is 34.5 Å². The molecule has 242 valence electrons. The second-order valence-electron chi connectivity index (χ2n) is 12.9. The molecule has 3 fully saturated rings. The number of nitrogens with one attached hydrogen (secondary N) is 2. The minimum atomic E-state index is -0.105. The van der Waals surface area contributed by atoms with Gasteiger partial charge in [0.1, 0.15) is 5.75 Å². The van der Waals surface area contributed by atoms with Gasteiger partial charge in [-0.05, 0) is 126 Å². The second kappa shape index (κ2) is 14.9. The molecule has 0 radical (unpaired) electrons. The van der Waals surface area contributed by atoms with E-state index in [1.54, 1.807) is 4.57 Å². The first-order valence-electron chi connectivity index (χ1n) is 16.4. The molecule has 6 rings (SSSR count). The first kappa shape index (κ1) is 32.3. The fourth-order valence-corrected chi connectivity index (χ4v) is 8.58. The van der Waals surface area contributed by atoms with Crippen LogP contribution in [-0.4, -0.2) is 93.3 Å². The molecule has 0 bridgehead atoms. The Labute approximate surface area is 282 Å². The van der Waals surface area contributed by atoms with Gasteiger partial charge in [0.15, 0.2) is 0 Å². The molecule has 0 unspecified atom stereocenters. The van der Waals surface area contributed by atoms with Crippen LogP contribution in [0.1, 0.15) is 56.6 Å². The molecule has 11 heteroatoms. The Morgan fingerprint density at radius 2 is 1.56 bits per heavy atom. The Hall–Kier alpha value is -2.60. The highest BCUT2D eigenvalue weighted by Gasteiger charge is 2.30. The van der Waals surface area contributed by atoms with Crippen LogP contribution in [0.2, 0.25) is 0 Å². The van der Waals surface area contributed by atoms with Crippen molar-refractivity contribution >= 4 is 37.9 Å². The molecule has 9 nitrogen and oxygen atoms in total. The number of hydrogen-bond donors (Lipinski definition) is 3. The number of halogens is 2. The van der Waals surface area contributed by atoms with Gasteiger partial charge in [-0.2, -0.15) is 0 Å². The minimum Gasteiger partial charge on any atom is -0.506 e. The summed E-state index contributed by atoms with van der Waals surface area (Å²) in [5, 5.41) is 13.6. The number of rotatable bonds is 8. The number of aromatic hydroxyl groups is 1. The normalized spacial score (nSPS) is 19.9. The quantitative estimate of drug-likeness (QED) is 0.264. The van der Waals surface area contributed by atoms with Gasteiger partial charge in [0, 0.05) is 44.0 Å². The number of carbonyl (C=O) groups excluding carboxylic acids is 1. The number of benzene rings is 2. The highest BCUT2D eigenvalue weighted by atomic mass is 79.9. The Balaban J connectivity index is 1.08. The van der Waals surface area contributed by atoms with Gasteiger partial charge in [-0.25, -0.2) is 9.59 Å². The first-order chi connectivity index (χ1) is 21.8. The van der Waals surface area contributed by atoms with Crippen molar-refractivity contribution in [3.05, 3.63) is 73.7 Å². The van der Waals surface area contributed by atoms with Crippen LogP contribution in [0.5, 0.6) is 5.75 Å². The van der Waals surface area contributed by atoms with Crippen molar-refractivity contribution in [3.8, 4) is 17.0 Å². The number of urea groups is 1. The van der Waals surface area contributed by atoms with E-state index in [4.69, 9.17) is 0 Å². The van der Waals surface area contributed by atoms with Crippen LogP contribution in [0.4, 0.5) is 4.79 Å². The molecular formula is C34H44Br2N6O3. The van der Waals surface area contributed by atoms with E-state index in [2.05, 4.69) is 52.0 Å². The summed E-state index contributed by atoms with van der Waals surface area (Å²) in [5.74, 6) is 0.180. The van der Waals surface area contributed by atoms with Gasteiger partial charge < -0.3 is 30.1 Å². The van der Waals surface area contributed by atoms with E-state index in [9.17, 15) is 14.7 Å². The lowest BCUT2D eigenvalue weighted by atomic mass is 9.98. The van der Waals surface area contributed by atoms with E-state index < -0.39 is 0 Å². The van der Waals surface area contributed by atoms with E-state index in [1.165, 1.54) is 45.2 Å². The van der Waals surface area contributed by atoms with Gasteiger partial charge in [0.05, 0.1) is 14.6 Å². The lowest BCUT2D eigenvalue weighted by Crippen LogP contribution is -2.54. The van der Waals surface area contributed by atoms with Crippen molar-refractivity contribution in [2.75, 3.05) is 45.8 Å². The van der Waals surface area contributed by atoms with E-state index in [-0.39, 0.29) is 29.6 Å². The maximum Gasteiger partial charge on any atom is 0.326 e. The lowest BCUT2D eigenvalue weighted by molar-refractivity contribution is 0.0876. The van der Waals surface area contributed by atoms with Crippen molar-refractivity contribution in [1.29, 1.82) is 0 Å². The molecule has 1 aromatic heterocycles. The third-order valence-corrected chi connectivity index (χ3v) is 11.0. The zero-order valence-electron chi connectivity index (χ0n) is 25.8. The number of phenolic OH excluding ortho intramolecular Hbond substituents is 1. The number of likely N-dealkylation sites (tertiary alicyclic amines) is 3. The summed E-state index contributed by atoms with van der Waals surface area (Å²) in [7, 11) is 0. The number of hydrogen-bond acceptors (Lipinski definition) is 5. The third kappa shape index (κ3) is 8.04. The topological polar surface area (TPSA) is 96.8 Å². The van der Waals surface area contributed by atoms with Crippen LogP contribution in [0.3, 0.4) is 0 Å². The number of nitrogens with zero attached hydrogens (tertiary/aromatic N) is 4. The fraction of sp³-hybridized carbons (Fsp3) is 0.529. The summed E-state index contributed by atoms with van der Waals surface area (Å²) in [6, 6.07) is 14.4. The first-order valence-corrected chi connectivity index (χ1v) is 18.0. The largest absolute Gasteiger partial charge is 0.506 e. The molecule has 3 saturated heterocycles. The summed E-state index contributed by atoms with van der Waals surface area (Å²) in [4.78, 5) is 36.5. The molecule has 3 aliphatic rings. The number of amides is 2. The molecule has 2 amide bonds. The van der Waals surface area contributed by atoms with Crippen LogP contribution < -0.4 is 11.0 Å². The molecule has 3 aliphatic heterocycles. The van der Waals surface area contributed by atoms with Crippen molar-refractivity contribution in [1.82, 2.24) is 29.6 Å². The summed E-state index contributed by atoms with van der Waals surface area (Å²) in [6.45, 7) is 6.52. The maximum atomic E-state index is 13.6. The zero-order chi connectivity index (χ0) is 31.3. The molecule has 45 heavy (non-hydrogen) atoms. The molecule has 1 atom stereocenters. The number of phenols is 1. The molecule has 4 heterocycles. The van der Waals surface area contributed by atoms with Gasteiger partial charge in [0.2, 0.25) is 0 Å². The number of piperidine rings is 3. The van der Waals surface area contributed by atoms with Crippen LogP contribution >= 0.6 is 31.9 Å². The van der Waals surface area contributed by atoms with Crippen LogP contribution in [-0.2, 0) is 6.42 Å². The number of aromatic amines is 1. The predicted molar refractivity (Wildman–Crippen MR) is 185 cm³/mol. The monoisotopic (exact) mass is 742 g/mol. The second-order valence-corrected chi connectivity index (χ2v) is 14.6. The van der Waals surface area contributed by atoms with Crippen molar-refractivity contribution < 1.29 is 9.90 Å². The Morgan fingerprint density at radius 1 is 0.911 bits per heavy atom. The predicted octanol–water partition coefficient (Wildman–Crippen LogP) is 5.98. The Bertz CT molecular complexity index is 1470. The molecule has 3 aromatic rings. The average molecular weight is 745 g/mol. The van der Waals surface area contributed by atoms with Gasteiger partial charge in [-0.15, -0.1) is 0 Å². The maximum absolute atomic E-state index is 13.6. The van der Waals surface area contributed by atoms with Gasteiger partial charge in [-0.1, -0.05) is 36.8 Å². The smallest absolute Gasteiger partial charge is 0.326 e. The van der Waals surface area contributed by atoms with E-state index >= 15 is 0 Å². The standard InChI is InChI=1S/C34H44Br2N6O3/c35-29-20-24(21-30(36)32(29)43)19-26(22-39-15-9-27(10-16-39)40-13-5-2-6-14-40)37-33(44)41-17-11-28(12-18-41)42-23-31(38-34(42)45)25-7-3-1-4-8-25/h1,3-4,7-8,20-21,23,26-28,43H,2,5-6,9-19,22H2,(H,37,44)(H,38,45)/t26-/m1/s1. The van der Waals surface area contributed by atoms with Crippen molar-refractivity contribution in [2.45, 2.75) is 69.5 Å². The Kier molecular flexibility index (Phi) is 10.7. The number of H-pyrrole nitrogens is 1. The zero-order valence-corrected chi connectivity index (χ0v) is 28.9. The lowest BCUT2D eigenvalue weighted by Gasteiger charge is -2.41. The minimum absolute atomic E-state index is 0.0510. The molecule has 0 spiro atoms. The molecule has 3 N–H and O–H groups in total. The average Bonchev–Trinajstić information content (AvgIpc) is 3.46. The van der Waals surface area contributed by atoms with Gasteiger partial charge in [0.25, 0.3) is 0 Å². The summed E-state index contributed by atoms with van der Waals surface area (Å²) >= 11 is 6.94. The van der Waals surface area contributed by atoms with E-state index in [0.717, 1.165) is 49.3 Å². The summed E-state index contributed by atoms with van der Waals surface area (Å²) < 4.78 is 3.07. The molecule has 0 aliphatic carbocycles.